The molecule has 0 spiro atoms. The van der Waals surface area contributed by atoms with Crippen LogP contribution >= 0.6 is 0 Å². The molecule has 1 saturated heterocycles. The van der Waals surface area contributed by atoms with Gasteiger partial charge in [0, 0.05) is 18.8 Å². The number of rotatable bonds is 5. The van der Waals surface area contributed by atoms with Gasteiger partial charge < -0.3 is 14.6 Å². The van der Waals surface area contributed by atoms with Crippen LogP contribution in [0.2, 0.25) is 0 Å². The largest absolute Gasteiger partial charge is 0.373 e. The minimum atomic E-state index is -0.302. The summed E-state index contributed by atoms with van der Waals surface area (Å²) in [7, 11) is 0. The highest BCUT2D eigenvalue weighted by Gasteiger charge is 2.25. The minimum Gasteiger partial charge on any atom is -0.373 e. The summed E-state index contributed by atoms with van der Waals surface area (Å²) < 4.78 is 5.96. The molecule has 0 radical (unpaired) electrons. The number of H-pyrrole nitrogens is 1. The van der Waals surface area contributed by atoms with Gasteiger partial charge in [-0.25, -0.2) is 0 Å². The van der Waals surface area contributed by atoms with Crippen LogP contribution in [0.1, 0.15) is 54.2 Å². The molecule has 1 aromatic heterocycles. The Kier molecular flexibility index (Phi) is 5.89. The number of hydrogen-bond acceptors (Lipinski definition) is 3. The second-order valence-electron chi connectivity index (χ2n) is 7.10. The van der Waals surface area contributed by atoms with Crippen LogP contribution in [-0.4, -0.2) is 35.0 Å². The third kappa shape index (κ3) is 4.41. The number of carbonyl (C=O) groups excluding carboxylic acids is 1. The van der Waals surface area contributed by atoms with E-state index in [2.05, 4.69) is 4.98 Å². The van der Waals surface area contributed by atoms with Crippen LogP contribution in [0.3, 0.4) is 0 Å². The topological polar surface area (TPSA) is 62.4 Å². The van der Waals surface area contributed by atoms with Gasteiger partial charge in [0.05, 0.1) is 12.7 Å². The van der Waals surface area contributed by atoms with E-state index in [0.29, 0.717) is 19.7 Å². The third-order valence-electron chi connectivity index (χ3n) is 4.84. The van der Waals surface area contributed by atoms with Crippen molar-refractivity contribution in [3.05, 3.63) is 69.6 Å². The van der Waals surface area contributed by atoms with Gasteiger partial charge in [-0.05, 0) is 36.5 Å². The molecule has 2 aromatic rings. The number of benzene rings is 1. The van der Waals surface area contributed by atoms with Crippen molar-refractivity contribution in [2.75, 3.05) is 13.1 Å². The number of piperidine rings is 1. The number of nitrogens with one attached hydrogen (secondary N) is 1. The van der Waals surface area contributed by atoms with E-state index in [1.165, 1.54) is 0 Å². The van der Waals surface area contributed by atoms with E-state index in [1.807, 2.05) is 50.2 Å². The molecule has 1 fully saturated rings. The first-order chi connectivity index (χ1) is 12.5. The van der Waals surface area contributed by atoms with E-state index < -0.39 is 0 Å². The Balaban J connectivity index is 1.54. The van der Waals surface area contributed by atoms with Gasteiger partial charge in [-0.1, -0.05) is 44.2 Å². The summed E-state index contributed by atoms with van der Waals surface area (Å²) in [5.74, 6) is 0.0347. The van der Waals surface area contributed by atoms with Crippen molar-refractivity contribution in [3.63, 3.8) is 0 Å². The predicted octanol–water partition coefficient (Wildman–Crippen LogP) is 3.32. The van der Waals surface area contributed by atoms with Crippen LogP contribution in [0.5, 0.6) is 0 Å². The first-order valence-corrected chi connectivity index (χ1v) is 9.22. The van der Waals surface area contributed by atoms with E-state index in [0.717, 1.165) is 24.1 Å². The molecule has 0 unspecified atom stereocenters. The van der Waals surface area contributed by atoms with Gasteiger partial charge in [0.1, 0.15) is 5.56 Å². The molecule has 0 saturated carbocycles. The molecule has 5 heteroatoms. The molecule has 0 atom stereocenters. The Hall–Kier alpha value is -2.40. The van der Waals surface area contributed by atoms with Crippen LogP contribution in [0.15, 0.2) is 47.3 Å². The molecule has 1 aliphatic rings. The van der Waals surface area contributed by atoms with Gasteiger partial charge in [0.2, 0.25) is 0 Å². The Morgan fingerprint density at radius 3 is 2.46 bits per heavy atom. The fourth-order valence-electron chi connectivity index (χ4n) is 3.18. The molecular formula is C21H26N2O3. The number of carbonyl (C=O) groups is 1. The second kappa shape index (κ2) is 8.32. The minimum absolute atomic E-state index is 0.154. The lowest BCUT2D eigenvalue weighted by atomic mass is 10.1. The molecule has 26 heavy (non-hydrogen) atoms. The van der Waals surface area contributed by atoms with Gasteiger partial charge in [-0.3, -0.25) is 9.59 Å². The Morgan fingerprint density at radius 1 is 1.15 bits per heavy atom. The highest BCUT2D eigenvalue weighted by atomic mass is 16.5. The van der Waals surface area contributed by atoms with Gasteiger partial charge >= 0.3 is 0 Å². The zero-order valence-electron chi connectivity index (χ0n) is 15.4. The zero-order chi connectivity index (χ0) is 18.5. The quantitative estimate of drug-likeness (QED) is 0.896. The maximum Gasteiger partial charge on any atom is 0.261 e. The maximum atomic E-state index is 12.7. The van der Waals surface area contributed by atoms with Crippen LogP contribution in [0, 0.1) is 0 Å². The smallest absolute Gasteiger partial charge is 0.261 e. The molecule has 0 aliphatic carbocycles. The number of aromatic amines is 1. The standard InChI is InChI=1S/C21H26N2O3/c1-15(2)19-9-8-18(20(24)22-19)21(25)23-12-10-17(11-13-23)26-14-16-6-4-3-5-7-16/h3-9,15,17H,10-14H2,1-2H3,(H,22,24). The normalized spacial score (nSPS) is 15.4. The lowest BCUT2D eigenvalue weighted by molar-refractivity contribution is -0.000418. The number of amides is 1. The molecule has 3 rings (SSSR count). The molecule has 1 amide bonds. The predicted molar refractivity (Wildman–Crippen MR) is 101 cm³/mol. The van der Waals surface area contributed by atoms with E-state index in [-0.39, 0.29) is 29.1 Å². The number of pyridine rings is 1. The summed E-state index contributed by atoms with van der Waals surface area (Å²) in [5, 5.41) is 0. The van der Waals surface area contributed by atoms with Gasteiger partial charge in [0.15, 0.2) is 0 Å². The number of likely N-dealkylation sites (tertiary alicyclic amines) is 1. The zero-order valence-corrected chi connectivity index (χ0v) is 15.4. The third-order valence-corrected chi connectivity index (χ3v) is 4.84. The lowest BCUT2D eigenvalue weighted by Crippen LogP contribution is -2.42. The van der Waals surface area contributed by atoms with E-state index in [4.69, 9.17) is 4.74 Å². The van der Waals surface area contributed by atoms with E-state index in [9.17, 15) is 9.59 Å². The second-order valence-corrected chi connectivity index (χ2v) is 7.10. The summed E-state index contributed by atoms with van der Waals surface area (Å²) in [6, 6.07) is 13.6. The number of hydrogen-bond donors (Lipinski definition) is 1. The fraction of sp³-hybridized carbons (Fsp3) is 0.429. The summed E-state index contributed by atoms with van der Waals surface area (Å²) in [4.78, 5) is 29.4. The maximum absolute atomic E-state index is 12.7. The molecule has 1 aromatic carbocycles. The van der Waals surface area contributed by atoms with Crippen LogP contribution in [0.25, 0.3) is 0 Å². The molecule has 138 valence electrons. The van der Waals surface area contributed by atoms with Crippen molar-refractivity contribution in [2.24, 2.45) is 0 Å². The monoisotopic (exact) mass is 354 g/mol. The number of ether oxygens (including phenoxy) is 1. The van der Waals surface area contributed by atoms with Crippen molar-refractivity contribution in [1.29, 1.82) is 0 Å². The summed E-state index contributed by atoms with van der Waals surface area (Å²) >= 11 is 0. The van der Waals surface area contributed by atoms with Crippen molar-refractivity contribution in [3.8, 4) is 0 Å². The molecule has 5 nitrogen and oxygen atoms in total. The van der Waals surface area contributed by atoms with Gasteiger partial charge in [0.25, 0.3) is 11.5 Å². The van der Waals surface area contributed by atoms with Crippen molar-refractivity contribution < 1.29 is 9.53 Å². The average molecular weight is 354 g/mol. The Labute approximate surface area is 154 Å². The summed E-state index contributed by atoms with van der Waals surface area (Å²) in [6.07, 6.45) is 1.74. The fourth-order valence-corrected chi connectivity index (χ4v) is 3.18. The first kappa shape index (κ1) is 18.4. The molecule has 1 N–H and O–H groups in total. The highest BCUT2D eigenvalue weighted by Crippen LogP contribution is 2.17. The summed E-state index contributed by atoms with van der Waals surface area (Å²) in [6.45, 7) is 5.84. The van der Waals surface area contributed by atoms with Crippen LogP contribution in [0.4, 0.5) is 0 Å². The average Bonchev–Trinajstić information content (AvgIpc) is 2.67. The number of nitrogens with zero attached hydrogens (tertiary/aromatic N) is 1. The van der Waals surface area contributed by atoms with Crippen molar-refractivity contribution >= 4 is 5.91 Å². The van der Waals surface area contributed by atoms with Gasteiger partial charge in [-0.2, -0.15) is 0 Å². The van der Waals surface area contributed by atoms with Gasteiger partial charge in [-0.15, -0.1) is 0 Å². The van der Waals surface area contributed by atoms with Crippen molar-refractivity contribution in [1.82, 2.24) is 9.88 Å². The molecular weight excluding hydrogens is 328 g/mol. The molecule has 1 aliphatic heterocycles. The lowest BCUT2D eigenvalue weighted by Gasteiger charge is -2.32. The SMILES string of the molecule is CC(C)c1ccc(C(=O)N2CCC(OCc3ccccc3)CC2)c(=O)[nH]1. The molecule has 0 bridgehead atoms. The number of aromatic nitrogens is 1. The first-order valence-electron chi connectivity index (χ1n) is 9.22. The summed E-state index contributed by atoms with van der Waals surface area (Å²) in [5.41, 5.74) is 1.92. The highest BCUT2D eigenvalue weighted by molar-refractivity contribution is 5.93. The Morgan fingerprint density at radius 2 is 1.85 bits per heavy atom. The van der Waals surface area contributed by atoms with Crippen LogP contribution in [-0.2, 0) is 11.3 Å². The Bertz CT molecular complexity index is 790. The van der Waals surface area contributed by atoms with E-state index >= 15 is 0 Å². The van der Waals surface area contributed by atoms with Crippen LogP contribution < -0.4 is 5.56 Å². The van der Waals surface area contributed by atoms with Crippen molar-refractivity contribution in [2.45, 2.75) is 45.3 Å². The molecule has 2 heterocycles. The van der Waals surface area contributed by atoms with E-state index in [1.54, 1.807) is 11.0 Å².